The smallest absolute Gasteiger partial charge is 0.161 e. The summed E-state index contributed by atoms with van der Waals surface area (Å²) in [4.78, 5) is 1.08. The zero-order chi connectivity index (χ0) is 12.4. The number of aromatic nitrogens is 2. The van der Waals surface area contributed by atoms with Gasteiger partial charge in [0.2, 0.25) is 0 Å². The van der Waals surface area contributed by atoms with Gasteiger partial charge in [-0.3, -0.25) is 0 Å². The Morgan fingerprint density at radius 1 is 1.28 bits per heavy atom. The lowest BCUT2D eigenvalue weighted by Gasteiger charge is -2.21. The molecule has 0 aliphatic carbocycles. The van der Waals surface area contributed by atoms with Gasteiger partial charge in [0.25, 0.3) is 0 Å². The summed E-state index contributed by atoms with van der Waals surface area (Å²) < 4.78 is 15.0. The third-order valence-electron chi connectivity index (χ3n) is 2.85. The van der Waals surface area contributed by atoms with E-state index >= 15 is 0 Å². The highest BCUT2D eigenvalue weighted by molar-refractivity contribution is 7.05. The van der Waals surface area contributed by atoms with Crippen LogP contribution in [-0.2, 0) is 0 Å². The fourth-order valence-corrected chi connectivity index (χ4v) is 2.66. The van der Waals surface area contributed by atoms with Gasteiger partial charge in [-0.05, 0) is 36.3 Å². The Balaban J connectivity index is 1.95. The highest BCUT2D eigenvalue weighted by Gasteiger charge is 2.18. The van der Waals surface area contributed by atoms with Crippen molar-refractivity contribution in [1.82, 2.24) is 14.9 Å². The average molecular weight is 263 g/mol. The Bertz CT molecular complexity index is 530. The maximum atomic E-state index is 5.60. The molecule has 1 aliphatic heterocycles. The molecule has 1 atom stereocenters. The third-order valence-corrected chi connectivity index (χ3v) is 3.58. The first-order chi connectivity index (χ1) is 8.88. The summed E-state index contributed by atoms with van der Waals surface area (Å²) in [5.74, 6) is 1.61. The van der Waals surface area contributed by atoms with Gasteiger partial charge in [0.15, 0.2) is 11.5 Å². The van der Waals surface area contributed by atoms with Gasteiger partial charge in [-0.1, -0.05) is 10.6 Å². The second-order valence-corrected chi connectivity index (χ2v) is 4.76. The van der Waals surface area contributed by atoms with E-state index in [0.29, 0.717) is 13.2 Å². The van der Waals surface area contributed by atoms with Crippen molar-refractivity contribution in [2.75, 3.05) is 20.3 Å². The van der Waals surface area contributed by atoms with Gasteiger partial charge in [0.05, 0.1) is 17.1 Å². The Morgan fingerprint density at radius 2 is 2.11 bits per heavy atom. The number of ether oxygens (including phenoxy) is 2. The Kier molecular flexibility index (Phi) is 3.12. The molecule has 0 amide bonds. The molecule has 0 saturated carbocycles. The molecule has 1 aromatic heterocycles. The van der Waals surface area contributed by atoms with E-state index in [9.17, 15) is 0 Å². The van der Waals surface area contributed by atoms with Crippen molar-refractivity contribution < 1.29 is 9.47 Å². The molecule has 5 nitrogen and oxygen atoms in total. The van der Waals surface area contributed by atoms with Crippen molar-refractivity contribution in [2.45, 2.75) is 6.04 Å². The highest BCUT2D eigenvalue weighted by Crippen LogP contribution is 2.34. The molecule has 94 valence electrons. The molecule has 0 spiro atoms. The normalized spacial score (nSPS) is 15.4. The second-order valence-electron chi connectivity index (χ2n) is 3.94. The number of hydrogen-bond donors (Lipinski definition) is 1. The molecule has 1 unspecified atom stereocenters. The first-order valence-corrected chi connectivity index (χ1v) is 6.50. The average Bonchev–Trinajstić information content (AvgIpc) is 2.93. The van der Waals surface area contributed by atoms with Crippen LogP contribution in [0.3, 0.4) is 0 Å². The topological polar surface area (TPSA) is 56.3 Å². The fourth-order valence-electron chi connectivity index (χ4n) is 2.01. The monoisotopic (exact) mass is 263 g/mol. The zero-order valence-corrected chi connectivity index (χ0v) is 10.7. The minimum Gasteiger partial charge on any atom is -0.486 e. The molecule has 0 radical (unpaired) electrons. The zero-order valence-electron chi connectivity index (χ0n) is 9.92. The minimum absolute atomic E-state index is 0.0841. The first-order valence-electron chi connectivity index (χ1n) is 5.72. The predicted molar refractivity (Wildman–Crippen MR) is 68.2 cm³/mol. The van der Waals surface area contributed by atoms with Crippen LogP contribution in [-0.4, -0.2) is 29.8 Å². The van der Waals surface area contributed by atoms with E-state index in [-0.39, 0.29) is 6.04 Å². The van der Waals surface area contributed by atoms with Crippen LogP contribution in [0.2, 0.25) is 0 Å². The molecule has 0 fully saturated rings. The lowest BCUT2D eigenvalue weighted by molar-refractivity contribution is 0.171. The van der Waals surface area contributed by atoms with Gasteiger partial charge in [0.1, 0.15) is 13.2 Å². The lowest BCUT2D eigenvalue weighted by Crippen LogP contribution is -2.19. The largest absolute Gasteiger partial charge is 0.486 e. The van der Waals surface area contributed by atoms with E-state index in [1.165, 1.54) is 11.5 Å². The summed E-state index contributed by atoms with van der Waals surface area (Å²) in [7, 11) is 1.92. The summed E-state index contributed by atoms with van der Waals surface area (Å²) >= 11 is 1.39. The van der Waals surface area contributed by atoms with Crippen LogP contribution in [0, 0.1) is 0 Å². The molecule has 1 aromatic carbocycles. The number of benzene rings is 1. The summed E-state index contributed by atoms with van der Waals surface area (Å²) in [5, 5.41) is 7.14. The van der Waals surface area contributed by atoms with Gasteiger partial charge >= 0.3 is 0 Å². The van der Waals surface area contributed by atoms with Gasteiger partial charge in [-0.25, -0.2) is 0 Å². The summed E-state index contributed by atoms with van der Waals surface area (Å²) in [6.07, 6.45) is 1.78. The van der Waals surface area contributed by atoms with Crippen LogP contribution in [0.4, 0.5) is 0 Å². The summed E-state index contributed by atoms with van der Waals surface area (Å²) in [5.41, 5.74) is 1.12. The van der Waals surface area contributed by atoms with E-state index in [2.05, 4.69) is 14.9 Å². The van der Waals surface area contributed by atoms with Crippen LogP contribution in [0.25, 0.3) is 0 Å². The molecule has 2 aromatic rings. The third kappa shape index (κ3) is 2.04. The minimum atomic E-state index is 0.0841. The fraction of sp³-hybridized carbons (Fsp3) is 0.333. The second kappa shape index (κ2) is 4.91. The van der Waals surface area contributed by atoms with Crippen molar-refractivity contribution >= 4 is 11.5 Å². The number of nitrogens with one attached hydrogen (secondary N) is 1. The molecular formula is C12H13N3O2S. The molecular weight excluding hydrogens is 250 g/mol. The summed E-state index contributed by atoms with van der Waals surface area (Å²) in [6, 6.07) is 6.08. The van der Waals surface area contributed by atoms with Gasteiger partial charge in [-0.2, -0.15) is 0 Å². The van der Waals surface area contributed by atoms with Crippen molar-refractivity contribution in [3.05, 3.63) is 34.8 Å². The van der Waals surface area contributed by atoms with E-state index in [4.69, 9.17) is 9.47 Å². The standard InChI is InChI=1S/C12H13N3O2S/c1-13-12(11-7-14-15-18-11)8-2-3-9-10(6-8)17-5-4-16-9/h2-3,6-7,12-13H,4-5H2,1H3. The van der Waals surface area contributed by atoms with Crippen LogP contribution in [0.1, 0.15) is 16.5 Å². The van der Waals surface area contributed by atoms with E-state index in [0.717, 1.165) is 21.9 Å². The van der Waals surface area contributed by atoms with E-state index in [1.54, 1.807) is 6.20 Å². The van der Waals surface area contributed by atoms with Gasteiger partial charge in [0, 0.05) is 0 Å². The molecule has 0 saturated heterocycles. The Labute approximate surface area is 109 Å². The number of fused-ring (bicyclic) bond motifs is 1. The molecule has 0 bridgehead atoms. The maximum Gasteiger partial charge on any atom is 0.161 e. The summed E-state index contributed by atoms with van der Waals surface area (Å²) in [6.45, 7) is 1.21. The van der Waals surface area contributed by atoms with Crippen molar-refractivity contribution in [1.29, 1.82) is 0 Å². The van der Waals surface area contributed by atoms with E-state index < -0.39 is 0 Å². The quantitative estimate of drug-likeness (QED) is 0.912. The predicted octanol–water partition coefficient (Wildman–Crippen LogP) is 1.62. The van der Waals surface area contributed by atoms with Crippen LogP contribution < -0.4 is 14.8 Å². The van der Waals surface area contributed by atoms with Crippen molar-refractivity contribution in [3.8, 4) is 11.5 Å². The molecule has 1 aliphatic rings. The molecule has 1 N–H and O–H groups in total. The Morgan fingerprint density at radius 3 is 2.83 bits per heavy atom. The SMILES string of the molecule is CNC(c1ccc2c(c1)OCCO2)c1cnns1. The Hall–Kier alpha value is -1.66. The van der Waals surface area contributed by atoms with Gasteiger partial charge in [-0.15, -0.1) is 5.10 Å². The van der Waals surface area contributed by atoms with Crippen LogP contribution in [0.5, 0.6) is 11.5 Å². The molecule has 3 rings (SSSR count). The highest BCUT2D eigenvalue weighted by atomic mass is 32.1. The first kappa shape index (κ1) is 11.4. The number of nitrogens with zero attached hydrogens (tertiary/aromatic N) is 2. The number of hydrogen-bond acceptors (Lipinski definition) is 6. The lowest BCUT2D eigenvalue weighted by atomic mass is 10.1. The molecule has 18 heavy (non-hydrogen) atoms. The van der Waals surface area contributed by atoms with Crippen LogP contribution in [0.15, 0.2) is 24.4 Å². The molecule has 6 heteroatoms. The maximum absolute atomic E-state index is 5.60. The van der Waals surface area contributed by atoms with E-state index in [1.807, 2.05) is 25.2 Å². The van der Waals surface area contributed by atoms with Crippen molar-refractivity contribution in [3.63, 3.8) is 0 Å². The van der Waals surface area contributed by atoms with Crippen molar-refractivity contribution in [2.24, 2.45) is 0 Å². The van der Waals surface area contributed by atoms with Gasteiger partial charge < -0.3 is 14.8 Å². The molecule has 2 heterocycles. The number of rotatable bonds is 3. The van der Waals surface area contributed by atoms with Crippen LogP contribution >= 0.6 is 11.5 Å².